The van der Waals surface area contributed by atoms with Crippen LogP contribution >= 0.6 is 0 Å². The molecule has 234 valence electrons. The van der Waals surface area contributed by atoms with Gasteiger partial charge in [-0.1, -0.05) is 79.7 Å². The lowest BCUT2D eigenvalue weighted by atomic mass is 9.62. The topological polar surface area (TPSA) is 90.4 Å². The van der Waals surface area contributed by atoms with Crippen LogP contribution in [0.4, 0.5) is 0 Å². The first-order valence-electron chi connectivity index (χ1n) is 15.7. The molecule has 0 saturated carbocycles. The number of rotatable bonds is 14. The van der Waals surface area contributed by atoms with Crippen LogP contribution in [0, 0.1) is 17.8 Å². The van der Waals surface area contributed by atoms with Crippen LogP contribution in [0.25, 0.3) is 0 Å². The molecule has 6 atom stereocenters. The predicted molar refractivity (Wildman–Crippen MR) is 169 cm³/mol. The molecule has 3 saturated heterocycles. The fraction of sp³-hybridized carbons (Fsp3) is 0.472. The number of hydrogen-bond donors (Lipinski definition) is 1. The third-order valence-electron chi connectivity index (χ3n) is 9.88. The van der Waals surface area contributed by atoms with Crippen LogP contribution in [0.3, 0.4) is 0 Å². The van der Waals surface area contributed by atoms with E-state index in [4.69, 9.17) is 4.74 Å². The summed E-state index contributed by atoms with van der Waals surface area (Å²) in [7, 11) is 0. The number of fused-ring (bicyclic) bond motifs is 1. The molecule has 5 rings (SSSR count). The Morgan fingerprint density at radius 3 is 2.02 bits per heavy atom. The van der Waals surface area contributed by atoms with Crippen molar-refractivity contribution < 1.29 is 24.2 Å². The Morgan fingerprint density at radius 1 is 0.955 bits per heavy atom. The molecule has 44 heavy (non-hydrogen) atoms. The van der Waals surface area contributed by atoms with Crippen LogP contribution in [0.1, 0.15) is 44.2 Å². The number of likely N-dealkylation sites (tertiary alicyclic amines) is 1. The van der Waals surface area contributed by atoms with E-state index in [1.165, 1.54) is 0 Å². The third-order valence-corrected chi connectivity index (χ3v) is 9.88. The summed E-state index contributed by atoms with van der Waals surface area (Å²) in [6, 6.07) is 18.6. The Morgan fingerprint density at radius 2 is 1.50 bits per heavy atom. The van der Waals surface area contributed by atoms with Crippen molar-refractivity contribution in [2.24, 2.45) is 17.8 Å². The number of hydrogen-bond acceptors (Lipinski definition) is 5. The first-order valence-corrected chi connectivity index (χ1v) is 15.7. The van der Waals surface area contributed by atoms with Gasteiger partial charge in [0.2, 0.25) is 17.7 Å². The fourth-order valence-corrected chi connectivity index (χ4v) is 7.78. The van der Waals surface area contributed by atoms with Crippen LogP contribution in [-0.2, 0) is 32.2 Å². The lowest BCUT2D eigenvalue weighted by molar-refractivity contribution is -0.155. The summed E-state index contributed by atoms with van der Waals surface area (Å²) >= 11 is 0. The highest BCUT2D eigenvalue weighted by atomic mass is 16.5. The van der Waals surface area contributed by atoms with Gasteiger partial charge in [0.15, 0.2) is 0 Å². The molecule has 3 amide bonds. The molecular weight excluding hydrogens is 554 g/mol. The van der Waals surface area contributed by atoms with Gasteiger partial charge in [0.25, 0.3) is 0 Å². The molecule has 3 heterocycles. The average Bonchev–Trinajstić information content (AvgIpc) is 3.53. The number of ether oxygens (including phenoxy) is 1. The van der Waals surface area contributed by atoms with Crippen LogP contribution in [0.2, 0.25) is 0 Å². The summed E-state index contributed by atoms with van der Waals surface area (Å²) in [5.74, 6) is -2.17. The van der Waals surface area contributed by atoms with Gasteiger partial charge in [0, 0.05) is 39.3 Å². The normalized spacial score (nSPS) is 28.5. The summed E-state index contributed by atoms with van der Waals surface area (Å²) in [5.41, 5.74) is -0.0905. The van der Waals surface area contributed by atoms with E-state index in [9.17, 15) is 19.5 Å². The van der Waals surface area contributed by atoms with Crippen LogP contribution in [0.5, 0.6) is 0 Å². The molecule has 2 aromatic carbocycles. The molecule has 0 aliphatic carbocycles. The molecule has 2 aromatic rings. The van der Waals surface area contributed by atoms with Gasteiger partial charge in [-0.2, -0.15) is 0 Å². The zero-order chi connectivity index (χ0) is 31.5. The Hall–Kier alpha value is -3.75. The van der Waals surface area contributed by atoms with Crippen molar-refractivity contribution in [2.75, 3.05) is 26.2 Å². The standard InChI is InChI=1S/C36H45N3O5/c1-5-19-37(24-27-15-9-7-10-16-27)32(41)29-30-33(42)39(21-13-14-22-40)31(36(30)23-26(3)35(29,4)44-36)34(43)38(20-6-2)25-28-17-11-8-12-18-28/h5-12,15-18,26,29-31,40H,1-2,13-14,19-25H2,3-4H3/t26?,29-,30+,31?,35+,36?/m1/s1. The maximum absolute atomic E-state index is 14.7. The van der Waals surface area contributed by atoms with Crippen molar-refractivity contribution >= 4 is 17.7 Å². The summed E-state index contributed by atoms with van der Waals surface area (Å²) in [5, 5.41) is 9.51. The summed E-state index contributed by atoms with van der Waals surface area (Å²) in [4.78, 5) is 48.9. The minimum atomic E-state index is -1.13. The summed E-state index contributed by atoms with van der Waals surface area (Å²) in [6.07, 6.45) is 4.95. The Labute approximate surface area is 261 Å². The van der Waals surface area contributed by atoms with E-state index in [-0.39, 0.29) is 30.2 Å². The second-order valence-electron chi connectivity index (χ2n) is 12.7. The van der Waals surface area contributed by atoms with Gasteiger partial charge in [-0.05, 0) is 43.2 Å². The lowest BCUT2D eigenvalue weighted by Crippen LogP contribution is -2.56. The first kappa shape index (κ1) is 31.7. The third kappa shape index (κ3) is 5.50. The van der Waals surface area contributed by atoms with Gasteiger partial charge in [0.05, 0.1) is 17.4 Å². The molecule has 1 N–H and O–H groups in total. The average molecular weight is 600 g/mol. The van der Waals surface area contributed by atoms with Crippen molar-refractivity contribution in [3.8, 4) is 0 Å². The van der Waals surface area contributed by atoms with Gasteiger partial charge >= 0.3 is 0 Å². The Kier molecular flexibility index (Phi) is 9.42. The minimum Gasteiger partial charge on any atom is -0.396 e. The maximum Gasteiger partial charge on any atom is 0.248 e. The van der Waals surface area contributed by atoms with Crippen molar-refractivity contribution in [3.63, 3.8) is 0 Å². The number of carbonyl (C=O) groups excluding carboxylic acids is 3. The molecule has 0 radical (unpaired) electrons. The smallest absolute Gasteiger partial charge is 0.248 e. The second-order valence-corrected chi connectivity index (χ2v) is 12.7. The number of benzene rings is 2. The molecule has 8 heteroatoms. The van der Waals surface area contributed by atoms with E-state index in [0.29, 0.717) is 52.0 Å². The summed E-state index contributed by atoms with van der Waals surface area (Å²) < 4.78 is 6.96. The highest BCUT2D eigenvalue weighted by molar-refractivity contribution is 5.99. The van der Waals surface area contributed by atoms with Gasteiger partial charge < -0.3 is 24.5 Å². The van der Waals surface area contributed by atoms with Crippen molar-refractivity contribution in [1.29, 1.82) is 0 Å². The number of amides is 3. The maximum atomic E-state index is 14.7. The largest absolute Gasteiger partial charge is 0.396 e. The molecule has 1 spiro atoms. The van der Waals surface area contributed by atoms with Crippen molar-refractivity contribution in [2.45, 2.75) is 63.4 Å². The van der Waals surface area contributed by atoms with Gasteiger partial charge in [0.1, 0.15) is 11.6 Å². The quantitative estimate of drug-likeness (QED) is 0.260. The predicted octanol–water partition coefficient (Wildman–Crippen LogP) is 4.20. The zero-order valence-electron chi connectivity index (χ0n) is 25.9. The van der Waals surface area contributed by atoms with E-state index >= 15 is 0 Å². The van der Waals surface area contributed by atoms with E-state index in [2.05, 4.69) is 20.1 Å². The van der Waals surface area contributed by atoms with E-state index in [0.717, 1.165) is 11.1 Å². The highest BCUT2D eigenvalue weighted by Gasteiger charge is 2.80. The van der Waals surface area contributed by atoms with Crippen molar-refractivity contribution in [1.82, 2.24) is 14.7 Å². The van der Waals surface area contributed by atoms with Crippen LogP contribution < -0.4 is 0 Å². The molecule has 8 nitrogen and oxygen atoms in total. The first-order chi connectivity index (χ1) is 21.2. The Balaban J connectivity index is 1.54. The lowest BCUT2D eigenvalue weighted by Gasteiger charge is -2.39. The highest BCUT2D eigenvalue weighted by Crippen LogP contribution is 2.65. The monoisotopic (exact) mass is 599 g/mol. The molecular formula is C36H45N3O5. The SMILES string of the molecule is C=CCN(Cc1ccccc1)C(=O)C1N(CCCCO)C(=O)[C@@H]2[C@H](C(=O)N(CC=C)Cc3ccccc3)[C@@]3(C)OC12CC3C. The molecule has 3 unspecified atom stereocenters. The molecule has 3 aliphatic rings. The molecule has 0 aromatic heterocycles. The molecule has 2 bridgehead atoms. The summed E-state index contributed by atoms with van der Waals surface area (Å²) in [6.45, 7) is 13.5. The molecule has 3 fully saturated rings. The molecule has 3 aliphatic heterocycles. The van der Waals surface area contributed by atoms with E-state index in [1.807, 2.05) is 67.6 Å². The number of carbonyl (C=O) groups is 3. The van der Waals surface area contributed by atoms with Gasteiger partial charge in [-0.25, -0.2) is 0 Å². The fourth-order valence-electron chi connectivity index (χ4n) is 7.78. The zero-order valence-corrected chi connectivity index (χ0v) is 25.9. The van der Waals surface area contributed by atoms with Gasteiger partial charge in [-0.15, -0.1) is 13.2 Å². The number of aliphatic hydroxyl groups is 1. The van der Waals surface area contributed by atoms with E-state index in [1.54, 1.807) is 26.9 Å². The number of unbranched alkanes of at least 4 members (excludes halogenated alkanes) is 1. The number of nitrogens with zero attached hydrogens (tertiary/aromatic N) is 3. The minimum absolute atomic E-state index is 0.00543. The van der Waals surface area contributed by atoms with Crippen molar-refractivity contribution in [3.05, 3.63) is 97.1 Å². The van der Waals surface area contributed by atoms with Crippen LogP contribution in [0.15, 0.2) is 86.0 Å². The van der Waals surface area contributed by atoms with Crippen LogP contribution in [-0.4, -0.2) is 81.0 Å². The Bertz CT molecular complexity index is 1370. The van der Waals surface area contributed by atoms with Gasteiger partial charge in [-0.3, -0.25) is 14.4 Å². The number of aliphatic hydroxyl groups excluding tert-OH is 1. The van der Waals surface area contributed by atoms with E-state index < -0.39 is 29.1 Å². The second kappa shape index (κ2) is 13.1.